The van der Waals surface area contributed by atoms with Crippen LogP contribution in [-0.4, -0.2) is 70.0 Å². The van der Waals surface area contributed by atoms with Crippen molar-refractivity contribution in [2.45, 2.75) is 64.0 Å². The number of aliphatic hydroxyl groups is 1. The zero-order valence-corrected chi connectivity index (χ0v) is 21.6. The number of carbonyl (C=O) groups is 2. The molecule has 1 saturated heterocycles. The van der Waals surface area contributed by atoms with Crippen LogP contribution in [-0.2, 0) is 16.8 Å². The van der Waals surface area contributed by atoms with Crippen LogP contribution in [0.5, 0.6) is 5.75 Å². The molecule has 3 heterocycles. The molecule has 2 aliphatic heterocycles. The van der Waals surface area contributed by atoms with Gasteiger partial charge in [-0.3, -0.25) is 10.2 Å². The first-order chi connectivity index (χ1) is 17.5. The van der Waals surface area contributed by atoms with Crippen LogP contribution in [0.25, 0.3) is 0 Å². The first-order valence-corrected chi connectivity index (χ1v) is 12.8. The molecule has 9 heteroatoms. The number of hydrogen-bond donors (Lipinski definition) is 3. The highest BCUT2D eigenvalue weighted by molar-refractivity contribution is 6.05. The van der Waals surface area contributed by atoms with E-state index < -0.39 is 24.1 Å². The van der Waals surface area contributed by atoms with Gasteiger partial charge in [0.05, 0.1) is 18.3 Å². The summed E-state index contributed by atoms with van der Waals surface area (Å²) in [6.07, 6.45) is 2.36. The van der Waals surface area contributed by atoms with Gasteiger partial charge in [0, 0.05) is 47.9 Å². The topological polar surface area (TPSA) is 127 Å². The van der Waals surface area contributed by atoms with Crippen molar-refractivity contribution in [2.75, 3.05) is 31.1 Å². The van der Waals surface area contributed by atoms with Crippen molar-refractivity contribution in [3.8, 4) is 5.75 Å². The van der Waals surface area contributed by atoms with Crippen LogP contribution >= 0.6 is 0 Å². The Hall–Kier alpha value is -3.46. The van der Waals surface area contributed by atoms with Gasteiger partial charge < -0.3 is 24.7 Å². The third kappa shape index (κ3) is 5.18. The van der Waals surface area contributed by atoms with E-state index >= 15 is 0 Å². The molecule has 3 aliphatic rings. The molecule has 37 heavy (non-hydrogen) atoms. The Morgan fingerprint density at radius 2 is 1.95 bits per heavy atom. The van der Waals surface area contributed by atoms with E-state index in [4.69, 9.17) is 15.1 Å². The predicted octanol–water partition coefficient (Wildman–Crippen LogP) is 3.31. The number of aliphatic hydroxyl groups excluding tert-OH is 1. The maximum Gasteiger partial charge on any atom is 0.341 e. The number of aromatic nitrogens is 1. The third-order valence-electron chi connectivity index (χ3n) is 7.28. The summed E-state index contributed by atoms with van der Waals surface area (Å²) in [5.41, 5.74) is 4.03. The van der Waals surface area contributed by atoms with Crippen LogP contribution in [0.4, 0.5) is 5.69 Å². The number of rotatable bonds is 8. The zero-order chi connectivity index (χ0) is 26.5. The van der Waals surface area contributed by atoms with Gasteiger partial charge in [0.15, 0.2) is 12.4 Å². The number of β-amino-alcohol motifs (C(OH)–C–C–N with tert-alkyl or cyclic N) is 1. The first kappa shape index (κ1) is 25.2. The second-order valence-corrected chi connectivity index (χ2v) is 11.3. The Labute approximate surface area is 216 Å². The number of ketones is 1. The molecule has 2 fully saturated rings. The Morgan fingerprint density at radius 1 is 1.19 bits per heavy atom. The molecule has 2 aromatic rings. The number of carboxylic acids is 1. The normalized spacial score (nSPS) is 19.4. The largest absolute Gasteiger partial charge is 0.479 e. The monoisotopic (exact) mass is 506 g/mol. The molecule has 5 rings (SSSR count). The average Bonchev–Trinajstić information content (AvgIpc) is 3.53. The van der Waals surface area contributed by atoms with Crippen LogP contribution < -0.4 is 9.64 Å². The third-order valence-corrected chi connectivity index (χ3v) is 7.28. The van der Waals surface area contributed by atoms with Crippen molar-refractivity contribution in [1.29, 1.82) is 5.41 Å². The van der Waals surface area contributed by atoms with E-state index in [1.165, 1.54) is 0 Å². The number of fused-ring (bicyclic) bond motifs is 1. The van der Waals surface area contributed by atoms with E-state index in [0.29, 0.717) is 54.7 Å². The van der Waals surface area contributed by atoms with Gasteiger partial charge in [0.2, 0.25) is 0 Å². The van der Waals surface area contributed by atoms with Crippen molar-refractivity contribution in [1.82, 2.24) is 9.88 Å². The fourth-order valence-electron chi connectivity index (χ4n) is 5.09. The Balaban J connectivity index is 1.45. The predicted molar refractivity (Wildman–Crippen MR) is 139 cm³/mol. The molecular formula is C28H34N4O5. The summed E-state index contributed by atoms with van der Waals surface area (Å²) in [5.74, 6) is -0.0342. The highest BCUT2D eigenvalue weighted by Gasteiger charge is 2.33. The van der Waals surface area contributed by atoms with Crippen molar-refractivity contribution in [3.63, 3.8) is 0 Å². The van der Waals surface area contributed by atoms with E-state index in [9.17, 15) is 19.8 Å². The number of benzene rings is 1. The van der Waals surface area contributed by atoms with E-state index in [1.807, 2.05) is 37.8 Å². The van der Waals surface area contributed by atoms with Crippen LogP contribution in [0.3, 0.4) is 0 Å². The smallest absolute Gasteiger partial charge is 0.341 e. The molecular weight excluding hydrogens is 472 g/mol. The number of carbonyl (C=O) groups excluding carboxylic acids is 1. The maximum atomic E-state index is 13.6. The first-order valence-electron chi connectivity index (χ1n) is 12.8. The molecule has 3 N–H and O–H groups in total. The fourth-order valence-corrected chi connectivity index (χ4v) is 5.09. The molecule has 9 nitrogen and oxygen atoms in total. The maximum absolute atomic E-state index is 13.6. The lowest BCUT2D eigenvalue weighted by atomic mass is 9.84. The summed E-state index contributed by atoms with van der Waals surface area (Å²) in [7, 11) is 0. The van der Waals surface area contributed by atoms with Gasteiger partial charge in [-0.25, -0.2) is 9.78 Å². The van der Waals surface area contributed by atoms with Gasteiger partial charge in [-0.1, -0.05) is 26.8 Å². The standard InChI is InChI=1S/C28H34N4O5/c1-28(2,3)20-10-18(11-22(26(20)37-15-24(35)36)31-9-8-19(33)13-31)23(34)14-32-12-17-6-7-21(16-4-5-16)30-25(17)27(32)29/h6-7,10-11,16,19,29,33H,4-5,8-9,12-15H2,1-3H3,(H,35,36). The average molecular weight is 507 g/mol. The van der Waals surface area contributed by atoms with Crippen LogP contribution in [0.15, 0.2) is 24.3 Å². The highest BCUT2D eigenvalue weighted by atomic mass is 16.5. The quantitative estimate of drug-likeness (QED) is 0.466. The minimum absolute atomic E-state index is 0.0366. The van der Waals surface area contributed by atoms with E-state index in [-0.39, 0.29) is 18.2 Å². The molecule has 0 amide bonds. The molecule has 196 valence electrons. The van der Waals surface area contributed by atoms with Crippen molar-refractivity contribution >= 4 is 23.3 Å². The molecule has 0 spiro atoms. The van der Waals surface area contributed by atoms with Gasteiger partial charge >= 0.3 is 5.97 Å². The van der Waals surface area contributed by atoms with E-state index in [0.717, 1.165) is 29.7 Å². The summed E-state index contributed by atoms with van der Waals surface area (Å²) in [5, 5.41) is 28.1. The molecule has 1 aromatic heterocycles. The molecule has 0 bridgehead atoms. The summed E-state index contributed by atoms with van der Waals surface area (Å²) in [6.45, 7) is 6.93. The Morgan fingerprint density at radius 3 is 2.57 bits per heavy atom. The summed E-state index contributed by atoms with van der Waals surface area (Å²) >= 11 is 0. The number of anilines is 1. The molecule has 0 radical (unpaired) electrons. The highest BCUT2D eigenvalue weighted by Crippen LogP contribution is 2.42. The SMILES string of the molecule is CC(C)(C)c1cc(C(=O)CN2Cc3ccc(C4CC4)nc3C2=N)cc(N2CCC(O)C2)c1OCC(=O)O. The zero-order valence-electron chi connectivity index (χ0n) is 21.6. The molecule has 1 aromatic carbocycles. The van der Waals surface area contributed by atoms with Gasteiger partial charge in [-0.15, -0.1) is 0 Å². The number of carboxylic acid groups (broad SMARTS) is 1. The summed E-state index contributed by atoms with van der Waals surface area (Å²) in [6, 6.07) is 7.59. The molecule has 1 aliphatic carbocycles. The molecule has 1 saturated carbocycles. The number of nitrogens with zero attached hydrogens (tertiary/aromatic N) is 3. The van der Waals surface area contributed by atoms with Crippen molar-refractivity contribution < 1.29 is 24.5 Å². The van der Waals surface area contributed by atoms with Crippen LogP contribution in [0, 0.1) is 5.41 Å². The van der Waals surface area contributed by atoms with Crippen LogP contribution in [0.2, 0.25) is 0 Å². The fraction of sp³-hybridized carbons (Fsp3) is 0.500. The Bertz CT molecular complexity index is 1260. The second kappa shape index (κ2) is 9.45. The minimum Gasteiger partial charge on any atom is -0.479 e. The van der Waals surface area contributed by atoms with Gasteiger partial charge in [-0.2, -0.15) is 0 Å². The number of ether oxygens (including phenoxy) is 1. The lowest BCUT2D eigenvalue weighted by molar-refractivity contribution is -0.139. The summed E-state index contributed by atoms with van der Waals surface area (Å²) < 4.78 is 5.78. The molecule has 1 unspecified atom stereocenters. The number of Topliss-reactive ketones (excluding diaryl/α,β-unsaturated/α-hetero) is 1. The number of amidine groups is 1. The molecule has 1 atom stereocenters. The van der Waals surface area contributed by atoms with Crippen molar-refractivity contribution in [3.05, 3.63) is 52.3 Å². The minimum atomic E-state index is -1.09. The number of hydrogen-bond acceptors (Lipinski definition) is 7. The lowest BCUT2D eigenvalue weighted by Gasteiger charge is -2.29. The number of nitrogens with one attached hydrogen (secondary N) is 1. The van der Waals surface area contributed by atoms with E-state index in [2.05, 4.69) is 0 Å². The lowest BCUT2D eigenvalue weighted by Crippen LogP contribution is -2.31. The number of aliphatic carboxylic acids is 1. The van der Waals surface area contributed by atoms with Gasteiger partial charge in [0.25, 0.3) is 0 Å². The van der Waals surface area contributed by atoms with Gasteiger partial charge in [0.1, 0.15) is 17.3 Å². The number of pyridine rings is 1. The van der Waals surface area contributed by atoms with Crippen LogP contribution in [0.1, 0.15) is 78.8 Å². The van der Waals surface area contributed by atoms with E-state index in [1.54, 1.807) is 17.0 Å². The Kier molecular flexibility index (Phi) is 6.43. The van der Waals surface area contributed by atoms with Gasteiger partial charge in [-0.05, 0) is 42.9 Å². The van der Waals surface area contributed by atoms with Crippen molar-refractivity contribution in [2.24, 2.45) is 0 Å². The summed E-state index contributed by atoms with van der Waals surface area (Å²) in [4.78, 5) is 33.3. The second-order valence-electron chi connectivity index (χ2n) is 11.3.